The molecule has 0 aliphatic carbocycles. The zero-order valence-electron chi connectivity index (χ0n) is 11.6. The lowest BCUT2D eigenvalue weighted by Gasteiger charge is -2.23. The highest BCUT2D eigenvalue weighted by atomic mass is 32.2. The molecule has 1 heterocycles. The van der Waals surface area contributed by atoms with Crippen molar-refractivity contribution in [2.24, 2.45) is 0 Å². The molecule has 2 atom stereocenters. The molecule has 1 amide bonds. The van der Waals surface area contributed by atoms with Gasteiger partial charge in [-0.15, -0.1) is 0 Å². The number of amides is 1. The van der Waals surface area contributed by atoms with Crippen LogP contribution in [0.5, 0.6) is 0 Å². The lowest BCUT2D eigenvalue weighted by molar-refractivity contribution is -0.124. The van der Waals surface area contributed by atoms with Crippen molar-refractivity contribution in [3.05, 3.63) is 0 Å². The van der Waals surface area contributed by atoms with E-state index < -0.39 is 22.2 Å². The molecule has 2 N–H and O–H groups in total. The number of nitrogens with one attached hydrogen (secondary N) is 1. The monoisotopic (exact) mass is 292 g/mol. The van der Waals surface area contributed by atoms with Gasteiger partial charge in [0.15, 0.2) is 0 Å². The summed E-state index contributed by atoms with van der Waals surface area (Å²) in [5.74, 6) is -0.206. The molecule has 112 valence electrons. The first kappa shape index (κ1) is 16.4. The Labute approximate surface area is 115 Å². The molecule has 0 aromatic carbocycles. The summed E-state index contributed by atoms with van der Waals surface area (Å²) in [6.07, 6.45) is 2.05. The highest BCUT2D eigenvalue weighted by Crippen LogP contribution is 2.22. The second-order valence-electron chi connectivity index (χ2n) is 5.03. The second kappa shape index (κ2) is 7.21. The van der Waals surface area contributed by atoms with Gasteiger partial charge in [-0.2, -0.15) is 4.31 Å². The van der Waals surface area contributed by atoms with Crippen molar-refractivity contribution in [1.82, 2.24) is 9.62 Å². The first-order valence-corrected chi connectivity index (χ1v) is 8.44. The summed E-state index contributed by atoms with van der Waals surface area (Å²) in [6, 6.07) is -0.611. The Kier molecular flexibility index (Phi) is 6.22. The number of carbonyl (C=O) groups excluding carboxylic acids is 1. The fraction of sp³-hybridized carbons (Fsp3) is 0.917. The van der Waals surface area contributed by atoms with Crippen molar-refractivity contribution in [2.75, 3.05) is 18.8 Å². The van der Waals surface area contributed by atoms with Crippen LogP contribution in [0.4, 0.5) is 0 Å². The molecule has 0 aromatic heterocycles. The van der Waals surface area contributed by atoms with Gasteiger partial charge in [-0.1, -0.05) is 13.3 Å². The molecule has 6 nitrogen and oxygen atoms in total. The third-order valence-corrected chi connectivity index (χ3v) is 5.15. The Bertz CT molecular complexity index is 395. The summed E-state index contributed by atoms with van der Waals surface area (Å²) >= 11 is 0. The Morgan fingerprint density at radius 1 is 1.53 bits per heavy atom. The van der Waals surface area contributed by atoms with Crippen LogP contribution in [0.3, 0.4) is 0 Å². The Morgan fingerprint density at radius 2 is 2.21 bits per heavy atom. The van der Waals surface area contributed by atoms with Crippen molar-refractivity contribution in [2.45, 2.75) is 51.7 Å². The maximum Gasteiger partial charge on any atom is 0.238 e. The van der Waals surface area contributed by atoms with E-state index in [1.807, 2.05) is 6.92 Å². The largest absolute Gasteiger partial charge is 0.392 e. The molecule has 0 spiro atoms. The van der Waals surface area contributed by atoms with Gasteiger partial charge in [-0.05, 0) is 26.2 Å². The average Bonchev–Trinajstić information content (AvgIpc) is 2.83. The molecule has 1 saturated heterocycles. The molecular formula is C12H24N2O4S. The number of hydrogen-bond acceptors (Lipinski definition) is 4. The molecule has 0 bridgehead atoms. The molecule has 1 aliphatic heterocycles. The summed E-state index contributed by atoms with van der Waals surface area (Å²) in [4.78, 5) is 12.0. The molecule has 1 rings (SSSR count). The molecule has 7 heteroatoms. The van der Waals surface area contributed by atoms with Crippen LogP contribution in [0.2, 0.25) is 0 Å². The van der Waals surface area contributed by atoms with Gasteiger partial charge in [0.25, 0.3) is 0 Å². The Morgan fingerprint density at radius 3 is 2.79 bits per heavy atom. The van der Waals surface area contributed by atoms with Gasteiger partial charge in [0.2, 0.25) is 15.9 Å². The molecular weight excluding hydrogens is 268 g/mol. The Balaban J connectivity index is 2.65. The minimum Gasteiger partial charge on any atom is -0.392 e. The van der Waals surface area contributed by atoms with E-state index in [2.05, 4.69) is 5.32 Å². The van der Waals surface area contributed by atoms with Crippen molar-refractivity contribution in [3.8, 4) is 0 Å². The van der Waals surface area contributed by atoms with Gasteiger partial charge in [-0.3, -0.25) is 4.79 Å². The van der Waals surface area contributed by atoms with Crippen LogP contribution in [0.15, 0.2) is 0 Å². The number of hydrogen-bond donors (Lipinski definition) is 2. The first-order valence-electron chi connectivity index (χ1n) is 6.83. The van der Waals surface area contributed by atoms with Crippen molar-refractivity contribution in [1.29, 1.82) is 0 Å². The van der Waals surface area contributed by atoms with Crippen LogP contribution >= 0.6 is 0 Å². The summed E-state index contributed by atoms with van der Waals surface area (Å²) < 4.78 is 25.6. The van der Waals surface area contributed by atoms with Gasteiger partial charge < -0.3 is 10.4 Å². The maximum atomic E-state index is 12.1. The summed E-state index contributed by atoms with van der Waals surface area (Å²) in [6.45, 7) is 4.08. The molecule has 2 unspecified atom stereocenters. The van der Waals surface area contributed by atoms with E-state index in [0.29, 0.717) is 25.8 Å². The van der Waals surface area contributed by atoms with Gasteiger partial charge in [-0.25, -0.2) is 8.42 Å². The zero-order chi connectivity index (χ0) is 14.5. The van der Waals surface area contributed by atoms with Crippen molar-refractivity contribution >= 4 is 15.9 Å². The SMILES string of the molecule is CCCCS(=O)(=O)N1CCCC1C(=O)NCC(C)O. The van der Waals surface area contributed by atoms with E-state index in [1.165, 1.54) is 4.31 Å². The van der Waals surface area contributed by atoms with E-state index in [9.17, 15) is 13.2 Å². The second-order valence-corrected chi connectivity index (χ2v) is 7.07. The number of unbranched alkanes of at least 4 members (excludes halogenated alkanes) is 1. The topological polar surface area (TPSA) is 86.7 Å². The predicted octanol–water partition coefficient (Wildman–Crippen LogP) is 0.0777. The number of carbonyl (C=O) groups is 1. The van der Waals surface area contributed by atoms with E-state index in [1.54, 1.807) is 6.92 Å². The molecule has 1 aliphatic rings. The lowest BCUT2D eigenvalue weighted by atomic mass is 10.2. The molecule has 1 fully saturated rings. The van der Waals surface area contributed by atoms with E-state index in [0.717, 1.165) is 6.42 Å². The molecule has 0 saturated carbocycles. The van der Waals surface area contributed by atoms with Crippen molar-refractivity contribution < 1.29 is 18.3 Å². The van der Waals surface area contributed by atoms with E-state index in [-0.39, 0.29) is 18.2 Å². The van der Waals surface area contributed by atoms with Gasteiger partial charge in [0, 0.05) is 13.1 Å². The van der Waals surface area contributed by atoms with Crippen LogP contribution in [0, 0.1) is 0 Å². The Hall–Kier alpha value is -0.660. The molecule has 0 aromatic rings. The van der Waals surface area contributed by atoms with Gasteiger partial charge in [0.05, 0.1) is 11.9 Å². The van der Waals surface area contributed by atoms with Gasteiger partial charge >= 0.3 is 0 Å². The third-order valence-electron chi connectivity index (χ3n) is 3.19. The average molecular weight is 292 g/mol. The number of aliphatic hydroxyl groups is 1. The molecule has 0 radical (unpaired) electrons. The highest BCUT2D eigenvalue weighted by Gasteiger charge is 2.37. The minimum absolute atomic E-state index is 0.101. The summed E-state index contributed by atoms with van der Waals surface area (Å²) in [5, 5.41) is 11.7. The quantitative estimate of drug-likeness (QED) is 0.695. The number of nitrogens with zero attached hydrogens (tertiary/aromatic N) is 1. The normalized spacial score (nSPS) is 22.4. The van der Waals surface area contributed by atoms with Crippen LogP contribution in [0.25, 0.3) is 0 Å². The predicted molar refractivity (Wildman–Crippen MR) is 73.1 cm³/mol. The fourth-order valence-electron chi connectivity index (χ4n) is 2.15. The smallest absolute Gasteiger partial charge is 0.238 e. The van der Waals surface area contributed by atoms with Crippen LogP contribution < -0.4 is 5.32 Å². The zero-order valence-corrected chi connectivity index (χ0v) is 12.4. The molecule has 19 heavy (non-hydrogen) atoms. The standard InChI is InChI=1S/C12H24N2O4S/c1-3-4-8-19(17,18)14-7-5-6-11(14)12(16)13-9-10(2)15/h10-11,15H,3-9H2,1-2H3,(H,13,16). The number of aliphatic hydroxyl groups excluding tert-OH is 1. The summed E-state index contributed by atoms with van der Waals surface area (Å²) in [7, 11) is -3.34. The summed E-state index contributed by atoms with van der Waals surface area (Å²) in [5.41, 5.74) is 0. The maximum absolute atomic E-state index is 12.1. The van der Waals surface area contributed by atoms with Crippen molar-refractivity contribution in [3.63, 3.8) is 0 Å². The fourth-order valence-corrected chi connectivity index (χ4v) is 4.03. The van der Waals surface area contributed by atoms with Gasteiger partial charge in [0.1, 0.15) is 6.04 Å². The van der Waals surface area contributed by atoms with E-state index >= 15 is 0 Å². The van der Waals surface area contributed by atoms with Crippen LogP contribution in [-0.4, -0.2) is 54.7 Å². The van der Waals surface area contributed by atoms with Crippen LogP contribution in [-0.2, 0) is 14.8 Å². The number of sulfonamides is 1. The third kappa shape index (κ3) is 4.74. The van der Waals surface area contributed by atoms with Crippen LogP contribution in [0.1, 0.15) is 39.5 Å². The lowest BCUT2D eigenvalue weighted by Crippen LogP contribution is -2.47. The van der Waals surface area contributed by atoms with E-state index in [4.69, 9.17) is 5.11 Å². The highest BCUT2D eigenvalue weighted by molar-refractivity contribution is 7.89. The minimum atomic E-state index is -3.34. The first-order chi connectivity index (χ1) is 8.88. The number of rotatable bonds is 7.